The van der Waals surface area contributed by atoms with Crippen LogP contribution in [0.3, 0.4) is 0 Å². The maximum atomic E-state index is 13.2. The molecule has 208 valence electrons. The van der Waals surface area contributed by atoms with Gasteiger partial charge in [0.2, 0.25) is 5.88 Å². The highest BCUT2D eigenvalue weighted by Crippen LogP contribution is 2.35. The molecule has 4 heterocycles. The van der Waals surface area contributed by atoms with Gasteiger partial charge in [-0.25, -0.2) is 4.98 Å². The number of nitrogens with zero attached hydrogens (tertiary/aromatic N) is 4. The van der Waals surface area contributed by atoms with Crippen LogP contribution in [0.15, 0.2) is 48.8 Å². The summed E-state index contributed by atoms with van der Waals surface area (Å²) in [6, 6.07) is 9.05. The number of halogens is 3. The number of aromatic nitrogens is 2. The number of aryl methyl sites for hydroxylation is 1. The normalized spacial score (nSPS) is 16.8. The average Bonchev–Trinajstić information content (AvgIpc) is 2.95. The molecule has 8 nitrogen and oxygen atoms in total. The summed E-state index contributed by atoms with van der Waals surface area (Å²) in [5, 5.41) is 6.42. The van der Waals surface area contributed by atoms with E-state index in [4.69, 9.17) is 14.5 Å². The third kappa shape index (κ3) is 6.97. The Balaban J connectivity index is 1.38. The Morgan fingerprint density at radius 1 is 1.00 bits per heavy atom. The number of hydrogen-bond donors (Lipinski definition) is 2. The topological polar surface area (TPSA) is 74.8 Å². The van der Waals surface area contributed by atoms with Crippen LogP contribution in [0.4, 0.5) is 30.2 Å². The van der Waals surface area contributed by atoms with Crippen molar-refractivity contribution in [3.8, 4) is 17.0 Å². The fourth-order valence-electron chi connectivity index (χ4n) is 4.77. The number of pyridine rings is 2. The molecule has 1 aromatic carbocycles. The fraction of sp³-hybridized carbons (Fsp3) is 0.429. The van der Waals surface area contributed by atoms with E-state index < -0.39 is 11.7 Å². The number of morpholine rings is 1. The van der Waals surface area contributed by atoms with Crippen molar-refractivity contribution in [3.05, 3.63) is 60.0 Å². The molecule has 2 fully saturated rings. The Morgan fingerprint density at radius 3 is 2.56 bits per heavy atom. The lowest BCUT2D eigenvalue weighted by Crippen LogP contribution is -2.45. The van der Waals surface area contributed by atoms with Crippen molar-refractivity contribution in [2.24, 2.45) is 0 Å². The molecule has 2 N–H and O–H groups in total. The minimum absolute atomic E-state index is 0.335. The van der Waals surface area contributed by atoms with Gasteiger partial charge in [0.15, 0.2) is 0 Å². The van der Waals surface area contributed by atoms with Crippen LogP contribution >= 0.6 is 0 Å². The lowest BCUT2D eigenvalue weighted by atomic mass is 10.0. The van der Waals surface area contributed by atoms with Gasteiger partial charge in [0, 0.05) is 74.5 Å². The summed E-state index contributed by atoms with van der Waals surface area (Å²) in [7, 11) is 0. The summed E-state index contributed by atoms with van der Waals surface area (Å²) >= 11 is 0. The maximum Gasteiger partial charge on any atom is 0.416 e. The van der Waals surface area contributed by atoms with Crippen molar-refractivity contribution in [2.75, 3.05) is 75.9 Å². The Kier molecular flexibility index (Phi) is 8.49. The Morgan fingerprint density at radius 2 is 1.79 bits per heavy atom. The number of nitrogens with one attached hydrogen (secondary N) is 2. The molecule has 0 bridgehead atoms. The lowest BCUT2D eigenvalue weighted by Gasteiger charge is -2.31. The molecule has 0 aliphatic carbocycles. The SMILES string of the molecule is Cc1ncc(Nc2cccc(C(F)(F)F)c2)cc1-c1cnc(OCCN2CCNCC2)c(N2CCOCC2)c1. The smallest absolute Gasteiger partial charge is 0.416 e. The van der Waals surface area contributed by atoms with Crippen LogP contribution in [0.5, 0.6) is 5.88 Å². The van der Waals surface area contributed by atoms with Crippen LogP contribution in [0.2, 0.25) is 0 Å². The van der Waals surface area contributed by atoms with Crippen LogP contribution in [0.25, 0.3) is 11.1 Å². The van der Waals surface area contributed by atoms with Crippen LogP contribution < -0.4 is 20.3 Å². The summed E-state index contributed by atoms with van der Waals surface area (Å²) in [5.41, 5.74) is 3.57. The molecule has 0 atom stereocenters. The first-order valence-electron chi connectivity index (χ1n) is 13.2. The zero-order valence-corrected chi connectivity index (χ0v) is 21.9. The second-order valence-electron chi connectivity index (χ2n) is 9.65. The summed E-state index contributed by atoms with van der Waals surface area (Å²) in [5.74, 6) is 0.583. The van der Waals surface area contributed by atoms with Gasteiger partial charge < -0.3 is 25.0 Å². The van der Waals surface area contributed by atoms with Gasteiger partial charge >= 0.3 is 6.18 Å². The minimum atomic E-state index is -4.41. The van der Waals surface area contributed by atoms with Gasteiger partial charge in [-0.15, -0.1) is 0 Å². The number of alkyl halides is 3. The highest BCUT2D eigenvalue weighted by Gasteiger charge is 2.30. The van der Waals surface area contributed by atoms with Crippen molar-refractivity contribution in [2.45, 2.75) is 13.1 Å². The lowest BCUT2D eigenvalue weighted by molar-refractivity contribution is -0.137. The standard InChI is InChI=1S/C28H33F3N6O2/c1-20-25(17-24(19-33-20)35-23-4-2-3-22(16-23)28(29,30)31)21-15-26(37-10-12-38-13-11-37)27(34-18-21)39-14-9-36-7-5-32-6-8-36/h2-4,15-19,32,35H,5-14H2,1H3. The van der Waals surface area contributed by atoms with Crippen molar-refractivity contribution in [1.29, 1.82) is 0 Å². The molecule has 0 amide bonds. The number of anilines is 3. The van der Waals surface area contributed by atoms with Gasteiger partial charge in [-0.3, -0.25) is 9.88 Å². The maximum absolute atomic E-state index is 13.2. The molecule has 3 aromatic rings. The number of ether oxygens (including phenoxy) is 2. The first-order chi connectivity index (χ1) is 18.9. The fourth-order valence-corrected chi connectivity index (χ4v) is 4.77. The number of hydrogen-bond acceptors (Lipinski definition) is 8. The van der Waals surface area contributed by atoms with Gasteiger partial charge in [-0.05, 0) is 37.3 Å². The van der Waals surface area contributed by atoms with Gasteiger partial charge in [0.05, 0.1) is 30.7 Å². The van der Waals surface area contributed by atoms with Crippen LogP contribution in [0.1, 0.15) is 11.3 Å². The Bertz CT molecular complexity index is 1260. The van der Waals surface area contributed by atoms with E-state index in [-0.39, 0.29) is 0 Å². The molecule has 11 heteroatoms. The summed E-state index contributed by atoms with van der Waals surface area (Å²) in [6.45, 7) is 9.97. The molecule has 2 aromatic heterocycles. The summed E-state index contributed by atoms with van der Waals surface area (Å²) in [4.78, 5) is 13.8. The second kappa shape index (κ2) is 12.2. The van der Waals surface area contributed by atoms with Crippen LogP contribution in [-0.2, 0) is 10.9 Å². The van der Waals surface area contributed by atoms with Crippen molar-refractivity contribution < 1.29 is 22.6 Å². The van der Waals surface area contributed by atoms with Gasteiger partial charge in [0.1, 0.15) is 12.3 Å². The largest absolute Gasteiger partial charge is 0.475 e. The third-order valence-electron chi connectivity index (χ3n) is 6.92. The minimum Gasteiger partial charge on any atom is -0.475 e. The van der Waals surface area contributed by atoms with E-state index in [1.165, 1.54) is 6.07 Å². The van der Waals surface area contributed by atoms with E-state index in [0.717, 1.165) is 80.5 Å². The first kappa shape index (κ1) is 27.2. The zero-order valence-electron chi connectivity index (χ0n) is 21.9. The molecule has 2 aliphatic heterocycles. The quantitative estimate of drug-likeness (QED) is 0.436. The van der Waals surface area contributed by atoms with Crippen LogP contribution in [0, 0.1) is 6.92 Å². The molecular weight excluding hydrogens is 509 g/mol. The highest BCUT2D eigenvalue weighted by atomic mass is 19.4. The van der Waals surface area contributed by atoms with Gasteiger partial charge in [-0.2, -0.15) is 13.2 Å². The Labute approximate surface area is 226 Å². The van der Waals surface area contributed by atoms with Crippen molar-refractivity contribution in [3.63, 3.8) is 0 Å². The predicted molar refractivity (Wildman–Crippen MR) is 145 cm³/mol. The number of benzene rings is 1. The number of rotatable bonds is 8. The first-order valence-corrected chi connectivity index (χ1v) is 13.2. The van der Waals surface area contributed by atoms with E-state index in [1.807, 2.05) is 13.0 Å². The molecule has 2 saturated heterocycles. The predicted octanol–water partition coefficient (Wildman–Crippen LogP) is 4.34. The van der Waals surface area contributed by atoms with Crippen LogP contribution in [-0.4, -0.2) is 80.5 Å². The average molecular weight is 543 g/mol. The zero-order chi connectivity index (χ0) is 27.2. The van der Waals surface area contributed by atoms with Crippen molar-refractivity contribution in [1.82, 2.24) is 20.2 Å². The second-order valence-corrected chi connectivity index (χ2v) is 9.65. The van der Waals surface area contributed by atoms with Gasteiger partial charge in [0.25, 0.3) is 0 Å². The van der Waals surface area contributed by atoms with Crippen molar-refractivity contribution >= 4 is 17.1 Å². The van der Waals surface area contributed by atoms with E-state index in [9.17, 15) is 13.2 Å². The molecular formula is C28H33F3N6O2. The van der Waals surface area contributed by atoms with E-state index in [2.05, 4.69) is 31.5 Å². The molecule has 0 unspecified atom stereocenters. The Hall–Kier alpha value is -3.41. The summed E-state index contributed by atoms with van der Waals surface area (Å²) < 4.78 is 51.2. The van der Waals surface area contributed by atoms with Gasteiger partial charge in [-0.1, -0.05) is 6.07 Å². The highest BCUT2D eigenvalue weighted by molar-refractivity contribution is 5.75. The van der Waals surface area contributed by atoms with E-state index >= 15 is 0 Å². The molecule has 39 heavy (non-hydrogen) atoms. The molecule has 0 radical (unpaired) electrons. The monoisotopic (exact) mass is 542 g/mol. The molecule has 0 saturated carbocycles. The molecule has 2 aliphatic rings. The van der Waals surface area contributed by atoms with E-state index in [1.54, 1.807) is 18.5 Å². The third-order valence-corrected chi connectivity index (χ3v) is 6.92. The number of piperazine rings is 1. The molecule has 0 spiro atoms. The summed E-state index contributed by atoms with van der Waals surface area (Å²) in [6.07, 6.45) is -1.03. The van der Waals surface area contributed by atoms with E-state index in [0.29, 0.717) is 37.1 Å². The molecule has 5 rings (SSSR count).